The lowest BCUT2D eigenvalue weighted by Crippen LogP contribution is -2.36. The predicted octanol–water partition coefficient (Wildman–Crippen LogP) is 3.97. The molecule has 0 bridgehead atoms. The van der Waals surface area contributed by atoms with Gasteiger partial charge in [-0.1, -0.05) is 15.9 Å². The van der Waals surface area contributed by atoms with Gasteiger partial charge in [-0.2, -0.15) is 0 Å². The van der Waals surface area contributed by atoms with Crippen LogP contribution >= 0.6 is 27.7 Å². The van der Waals surface area contributed by atoms with E-state index in [9.17, 15) is 14.4 Å². The van der Waals surface area contributed by atoms with Gasteiger partial charge >= 0.3 is 0 Å². The summed E-state index contributed by atoms with van der Waals surface area (Å²) in [7, 11) is 1.56. The highest BCUT2D eigenvalue weighted by molar-refractivity contribution is 9.10. The highest BCUT2D eigenvalue weighted by Crippen LogP contribution is 2.35. The van der Waals surface area contributed by atoms with Gasteiger partial charge in [-0.25, -0.2) is 0 Å². The first kappa shape index (κ1) is 23.3. The molecule has 2 aromatic rings. The first-order valence-electron chi connectivity index (χ1n) is 10.3. The van der Waals surface area contributed by atoms with Gasteiger partial charge in [-0.05, 0) is 54.2 Å². The van der Waals surface area contributed by atoms with Crippen LogP contribution in [0.3, 0.4) is 0 Å². The molecule has 2 aliphatic rings. The average Bonchev–Trinajstić information content (AvgIpc) is 3.08. The zero-order chi connectivity index (χ0) is 23.4. The van der Waals surface area contributed by atoms with Crippen LogP contribution in [-0.2, 0) is 14.3 Å². The van der Waals surface area contributed by atoms with Crippen LogP contribution in [0.15, 0.2) is 51.8 Å². The molecule has 2 aromatic carbocycles. The molecule has 2 heterocycles. The van der Waals surface area contributed by atoms with Crippen LogP contribution < -0.4 is 15.0 Å². The average molecular weight is 532 g/mol. The Morgan fingerprint density at radius 3 is 2.61 bits per heavy atom. The lowest BCUT2D eigenvalue weighted by atomic mass is 10.1. The van der Waals surface area contributed by atoms with E-state index in [2.05, 4.69) is 26.1 Å². The number of carbonyl (C=O) groups excluding carboxylic acids is 3. The number of morpholine rings is 1. The molecule has 0 aliphatic carbocycles. The molecule has 0 atom stereocenters. The zero-order valence-corrected chi connectivity index (χ0v) is 20.3. The van der Waals surface area contributed by atoms with Crippen LogP contribution in [0.25, 0.3) is 6.08 Å². The molecule has 0 aromatic heterocycles. The SMILES string of the molecule is COc1cc(N2CCOCC2)ccc1/C=C1\SC(=O)N(CC(=O)Nc2ccc(Br)cc2)C1=O. The lowest BCUT2D eigenvalue weighted by Gasteiger charge is -2.29. The van der Waals surface area contributed by atoms with E-state index in [0.717, 1.165) is 39.9 Å². The van der Waals surface area contributed by atoms with Crippen molar-refractivity contribution in [2.45, 2.75) is 0 Å². The third kappa shape index (κ3) is 5.58. The van der Waals surface area contributed by atoms with Crippen molar-refractivity contribution in [3.8, 4) is 5.75 Å². The van der Waals surface area contributed by atoms with Crippen LogP contribution in [0.2, 0.25) is 0 Å². The van der Waals surface area contributed by atoms with Gasteiger partial charge in [0.25, 0.3) is 11.1 Å². The van der Waals surface area contributed by atoms with Gasteiger partial charge in [0.2, 0.25) is 5.91 Å². The van der Waals surface area contributed by atoms with Gasteiger partial charge in [0, 0.05) is 40.6 Å². The van der Waals surface area contributed by atoms with E-state index < -0.39 is 17.1 Å². The number of methoxy groups -OCH3 is 1. The molecule has 0 unspecified atom stereocenters. The molecule has 10 heteroatoms. The summed E-state index contributed by atoms with van der Waals surface area (Å²) in [6.07, 6.45) is 1.62. The smallest absolute Gasteiger partial charge is 0.294 e. The van der Waals surface area contributed by atoms with Gasteiger partial charge in [-0.3, -0.25) is 19.3 Å². The molecular weight excluding hydrogens is 510 g/mol. The number of hydrogen-bond donors (Lipinski definition) is 1. The number of amides is 3. The molecule has 0 spiro atoms. The summed E-state index contributed by atoms with van der Waals surface area (Å²) in [5.41, 5.74) is 2.26. The van der Waals surface area contributed by atoms with Gasteiger partial charge in [0.15, 0.2) is 0 Å². The fourth-order valence-corrected chi connectivity index (χ4v) is 4.59. The maximum atomic E-state index is 12.8. The summed E-state index contributed by atoms with van der Waals surface area (Å²) < 4.78 is 11.8. The number of imide groups is 1. The molecule has 0 radical (unpaired) electrons. The third-order valence-corrected chi connectivity index (χ3v) is 6.62. The Morgan fingerprint density at radius 2 is 1.91 bits per heavy atom. The van der Waals surface area contributed by atoms with Crippen molar-refractivity contribution in [3.63, 3.8) is 0 Å². The van der Waals surface area contributed by atoms with Crippen LogP contribution in [0.1, 0.15) is 5.56 Å². The van der Waals surface area contributed by atoms with Crippen molar-refractivity contribution in [2.75, 3.05) is 50.2 Å². The van der Waals surface area contributed by atoms with E-state index in [1.54, 1.807) is 37.5 Å². The molecular formula is C23H22BrN3O5S. The topological polar surface area (TPSA) is 88.2 Å². The Morgan fingerprint density at radius 1 is 1.18 bits per heavy atom. The molecule has 172 valence electrons. The minimum absolute atomic E-state index is 0.244. The number of rotatable bonds is 6. The summed E-state index contributed by atoms with van der Waals surface area (Å²) >= 11 is 4.14. The Balaban J connectivity index is 1.46. The summed E-state index contributed by atoms with van der Waals surface area (Å²) in [5.74, 6) is -0.359. The Hall–Kier alpha value is -2.82. The van der Waals surface area contributed by atoms with Crippen LogP contribution in [0.5, 0.6) is 5.75 Å². The fraction of sp³-hybridized carbons (Fsp3) is 0.261. The minimum Gasteiger partial charge on any atom is -0.496 e. The second-order valence-corrected chi connectivity index (χ2v) is 9.26. The monoisotopic (exact) mass is 531 g/mol. The minimum atomic E-state index is -0.504. The quantitative estimate of drug-likeness (QED) is 0.564. The zero-order valence-electron chi connectivity index (χ0n) is 17.9. The molecule has 3 amide bonds. The van der Waals surface area contributed by atoms with E-state index in [4.69, 9.17) is 9.47 Å². The van der Waals surface area contributed by atoms with E-state index in [1.807, 2.05) is 18.2 Å². The molecule has 1 N–H and O–H groups in total. The normalized spacial score (nSPS) is 17.6. The standard InChI is InChI=1S/C23H22BrN3O5S/c1-31-19-13-18(26-8-10-32-11-9-26)7-2-15(19)12-20-22(29)27(23(30)33-20)14-21(28)25-17-5-3-16(24)4-6-17/h2-7,12-13H,8-11,14H2,1H3,(H,25,28)/b20-12-. The number of carbonyl (C=O) groups is 3. The first-order chi connectivity index (χ1) is 15.9. The number of thioether (sulfide) groups is 1. The maximum absolute atomic E-state index is 12.8. The molecule has 8 nitrogen and oxygen atoms in total. The van der Waals surface area contributed by atoms with Crippen LogP contribution in [0.4, 0.5) is 16.2 Å². The molecule has 0 saturated carbocycles. The molecule has 33 heavy (non-hydrogen) atoms. The number of ether oxygens (including phenoxy) is 2. The lowest BCUT2D eigenvalue weighted by molar-refractivity contribution is -0.127. The summed E-state index contributed by atoms with van der Waals surface area (Å²) in [6.45, 7) is 2.58. The summed E-state index contributed by atoms with van der Waals surface area (Å²) in [6, 6.07) is 12.7. The molecule has 2 fully saturated rings. The van der Waals surface area contributed by atoms with Gasteiger partial charge in [0.05, 0.1) is 25.2 Å². The number of halogens is 1. The second-order valence-electron chi connectivity index (χ2n) is 7.35. The number of nitrogens with one attached hydrogen (secondary N) is 1. The first-order valence-corrected chi connectivity index (χ1v) is 11.9. The number of nitrogens with zero attached hydrogens (tertiary/aromatic N) is 2. The van der Waals surface area contributed by atoms with Crippen LogP contribution in [-0.4, -0.2) is 61.9 Å². The third-order valence-electron chi connectivity index (χ3n) is 5.18. The van der Waals surface area contributed by atoms with Crippen molar-refractivity contribution in [1.29, 1.82) is 0 Å². The Bertz CT molecular complexity index is 1100. The molecule has 4 rings (SSSR count). The van der Waals surface area contributed by atoms with E-state index in [1.165, 1.54) is 0 Å². The number of hydrogen-bond acceptors (Lipinski definition) is 7. The highest BCUT2D eigenvalue weighted by Gasteiger charge is 2.36. The van der Waals surface area contributed by atoms with E-state index >= 15 is 0 Å². The Labute approximate surface area is 204 Å². The summed E-state index contributed by atoms with van der Waals surface area (Å²) in [4.78, 5) is 41.0. The van der Waals surface area contributed by atoms with Crippen molar-refractivity contribution >= 4 is 62.2 Å². The summed E-state index contributed by atoms with van der Waals surface area (Å²) in [5, 5.41) is 2.20. The second kappa shape index (κ2) is 10.4. The van der Waals surface area contributed by atoms with Crippen molar-refractivity contribution < 1.29 is 23.9 Å². The Kier molecular flexibility index (Phi) is 7.36. The fourth-order valence-electron chi connectivity index (χ4n) is 3.49. The number of anilines is 2. The van der Waals surface area contributed by atoms with Crippen molar-refractivity contribution in [1.82, 2.24) is 4.90 Å². The van der Waals surface area contributed by atoms with Crippen molar-refractivity contribution in [2.24, 2.45) is 0 Å². The highest BCUT2D eigenvalue weighted by atomic mass is 79.9. The molecule has 2 aliphatic heterocycles. The predicted molar refractivity (Wildman–Crippen MR) is 131 cm³/mol. The largest absolute Gasteiger partial charge is 0.496 e. The van der Waals surface area contributed by atoms with Crippen LogP contribution in [0, 0.1) is 0 Å². The molecule has 2 saturated heterocycles. The van der Waals surface area contributed by atoms with Gasteiger partial charge < -0.3 is 19.7 Å². The van der Waals surface area contributed by atoms with Crippen molar-refractivity contribution in [3.05, 3.63) is 57.4 Å². The number of benzene rings is 2. The van der Waals surface area contributed by atoms with Gasteiger partial charge in [-0.15, -0.1) is 0 Å². The van der Waals surface area contributed by atoms with E-state index in [-0.39, 0.29) is 11.4 Å². The van der Waals surface area contributed by atoms with Gasteiger partial charge in [0.1, 0.15) is 12.3 Å². The maximum Gasteiger partial charge on any atom is 0.294 e. The van der Waals surface area contributed by atoms with E-state index in [0.29, 0.717) is 30.2 Å².